The molecule has 59 heavy (non-hydrogen) atoms. The van der Waals surface area contributed by atoms with E-state index in [2.05, 4.69) is 31.9 Å². The number of aromatic nitrogens is 2. The highest BCUT2D eigenvalue weighted by Gasteiger charge is 2.72. The number of nitrogens with zero attached hydrogens (tertiary/aromatic N) is 2. The Morgan fingerprint density at radius 3 is 2.25 bits per heavy atom. The molecule has 0 bridgehead atoms. The molecule has 1 saturated carbocycles. The summed E-state index contributed by atoms with van der Waals surface area (Å²) in [5.41, 5.74) is 1.71. The zero-order valence-corrected chi connectivity index (χ0v) is 34.2. The topological polar surface area (TPSA) is 179 Å². The Morgan fingerprint density at radius 2 is 1.69 bits per heavy atom. The van der Waals surface area contributed by atoms with Crippen LogP contribution in [0.15, 0.2) is 120 Å². The fraction of sp³-hybridized carbons (Fsp3) is 0.395. The van der Waals surface area contributed by atoms with Gasteiger partial charge in [-0.3, -0.25) is 0 Å². The number of hydrogen-bond donors (Lipinski definition) is 3. The van der Waals surface area contributed by atoms with Gasteiger partial charge in [0.05, 0.1) is 52.7 Å². The zero-order valence-electron chi connectivity index (χ0n) is 33.4. The van der Waals surface area contributed by atoms with Gasteiger partial charge in [-0.25, -0.2) is 23.0 Å². The first kappa shape index (κ1) is 45.4. The maximum atomic E-state index is 13.1. The molecule has 6 rings (SSSR count). The number of rotatable bonds is 14. The number of epoxide rings is 2. The van der Waals surface area contributed by atoms with E-state index in [0.29, 0.717) is 12.2 Å². The first-order chi connectivity index (χ1) is 27.8. The molecule has 12 nitrogen and oxygen atoms in total. The molecule has 318 valence electrons. The second kappa shape index (κ2) is 18.7. The number of methoxy groups -OCH3 is 1. The Hall–Kier alpha value is -4.68. The molecule has 2 aliphatic heterocycles. The number of primary sulfonamides is 1. The Kier molecular flexibility index (Phi) is 14.4. The number of benzene rings is 2. The van der Waals surface area contributed by atoms with Crippen molar-refractivity contribution in [2.75, 3.05) is 13.7 Å². The standard InChI is InChI=1S/C26H36O7.C17H14F3N3O2S/c1-18(2)13-14-20-25(3,33-20)24-23(30-4)19(15-16-26(24)17-31-26)32-22(29)12-10-8-6-5-7-9-11-21(27)28;1-11-2-4-12(5-3-11)15-10-16(17(18,19)20)22-23(15)13-6-8-14(9-7-13)26(21,24)25/h5-13,19-20,22-24,29H,14-17H2,1-4H3,(H,27,28);2-10H,1H3,(H2,21,24,25)/b7-5+,8-6+,11-9+,12-10+;/t19-,20-,22?,23-,24-,25+,26+;/m1./s1. The van der Waals surface area contributed by atoms with E-state index in [1.54, 1.807) is 67.8 Å². The summed E-state index contributed by atoms with van der Waals surface area (Å²) in [4.78, 5) is 10.3. The van der Waals surface area contributed by atoms with Crippen LogP contribution in [0, 0.1) is 12.8 Å². The van der Waals surface area contributed by atoms with Gasteiger partial charge in [0.15, 0.2) is 12.0 Å². The number of carboxylic acids is 1. The molecular formula is C43H50F3N3O9S. The smallest absolute Gasteiger partial charge is 0.435 e. The van der Waals surface area contributed by atoms with Crippen molar-refractivity contribution < 1.29 is 55.5 Å². The highest BCUT2D eigenvalue weighted by atomic mass is 32.2. The lowest BCUT2D eigenvalue weighted by Gasteiger charge is -2.43. The van der Waals surface area contributed by atoms with Gasteiger partial charge < -0.3 is 29.2 Å². The van der Waals surface area contributed by atoms with E-state index in [0.717, 1.165) is 41.7 Å². The quantitative estimate of drug-likeness (QED) is 0.0494. The predicted molar refractivity (Wildman–Crippen MR) is 215 cm³/mol. The minimum Gasteiger partial charge on any atom is -0.478 e. The van der Waals surface area contributed by atoms with E-state index in [9.17, 15) is 31.5 Å². The number of aliphatic carboxylic acids is 1. The number of nitrogens with two attached hydrogens (primary N) is 1. The van der Waals surface area contributed by atoms with Crippen molar-refractivity contribution in [1.82, 2.24) is 9.78 Å². The van der Waals surface area contributed by atoms with Gasteiger partial charge in [-0.15, -0.1) is 0 Å². The summed E-state index contributed by atoms with van der Waals surface area (Å²) in [6, 6.07) is 13.1. The van der Waals surface area contributed by atoms with Gasteiger partial charge in [0.25, 0.3) is 0 Å². The van der Waals surface area contributed by atoms with Crippen LogP contribution in [0.5, 0.6) is 0 Å². The first-order valence-electron chi connectivity index (χ1n) is 18.9. The van der Waals surface area contributed by atoms with Gasteiger partial charge in [-0.1, -0.05) is 77.9 Å². The van der Waals surface area contributed by atoms with E-state index in [1.165, 1.54) is 35.9 Å². The molecule has 3 fully saturated rings. The van der Waals surface area contributed by atoms with E-state index < -0.39 is 34.2 Å². The molecule has 3 aromatic rings. The van der Waals surface area contributed by atoms with E-state index in [1.807, 2.05) is 6.92 Å². The summed E-state index contributed by atoms with van der Waals surface area (Å²) in [6.45, 7) is 8.89. The summed E-state index contributed by atoms with van der Waals surface area (Å²) < 4.78 is 87.2. The van der Waals surface area contributed by atoms with Crippen LogP contribution < -0.4 is 5.14 Å². The number of sulfonamides is 1. The van der Waals surface area contributed by atoms with Crippen LogP contribution in [0.1, 0.15) is 51.3 Å². The number of carbonyl (C=O) groups is 1. The fourth-order valence-electron chi connectivity index (χ4n) is 7.29. The summed E-state index contributed by atoms with van der Waals surface area (Å²) >= 11 is 0. The van der Waals surface area contributed by atoms with Gasteiger partial charge >= 0.3 is 12.1 Å². The Balaban J connectivity index is 0.000000230. The second-order valence-electron chi connectivity index (χ2n) is 15.0. The van der Waals surface area contributed by atoms with Crippen molar-refractivity contribution in [3.8, 4) is 16.9 Å². The summed E-state index contributed by atoms with van der Waals surface area (Å²) in [7, 11) is -2.21. The molecular weight excluding hydrogens is 792 g/mol. The summed E-state index contributed by atoms with van der Waals surface area (Å²) in [5, 5.41) is 27.6. The third-order valence-corrected chi connectivity index (χ3v) is 11.3. The van der Waals surface area contributed by atoms with Crippen LogP contribution in [0.3, 0.4) is 0 Å². The van der Waals surface area contributed by atoms with Gasteiger partial charge in [-0.05, 0) is 83.4 Å². The van der Waals surface area contributed by atoms with Crippen LogP contribution in [0.25, 0.3) is 16.9 Å². The number of aliphatic hydroxyl groups excluding tert-OH is 1. The van der Waals surface area contributed by atoms with E-state index in [4.69, 9.17) is 29.2 Å². The molecule has 1 spiro atoms. The predicted octanol–water partition coefficient (Wildman–Crippen LogP) is 7.22. The highest BCUT2D eigenvalue weighted by Crippen LogP contribution is 2.59. The van der Waals surface area contributed by atoms with E-state index in [-0.39, 0.29) is 51.7 Å². The maximum Gasteiger partial charge on any atom is 0.435 e. The van der Waals surface area contributed by atoms with Gasteiger partial charge in [0, 0.05) is 18.7 Å². The number of aryl methyl sites for hydroxylation is 1. The molecule has 0 amide bonds. The molecule has 4 N–H and O–H groups in total. The Morgan fingerprint density at radius 1 is 1.07 bits per heavy atom. The second-order valence-corrected chi connectivity index (χ2v) is 16.6. The van der Waals surface area contributed by atoms with Crippen LogP contribution in [-0.4, -0.2) is 83.9 Å². The van der Waals surface area contributed by atoms with Crippen molar-refractivity contribution >= 4 is 16.0 Å². The Bertz CT molecular complexity index is 2190. The minimum absolute atomic E-state index is 0.0318. The van der Waals surface area contributed by atoms with Gasteiger partial charge in [-0.2, -0.15) is 18.3 Å². The highest BCUT2D eigenvalue weighted by molar-refractivity contribution is 7.89. The monoisotopic (exact) mass is 841 g/mol. The van der Waals surface area contributed by atoms with Crippen LogP contribution in [-0.2, 0) is 39.9 Å². The molecule has 3 heterocycles. The third kappa shape index (κ3) is 11.8. The number of allylic oxidation sites excluding steroid dienone is 7. The lowest BCUT2D eigenvalue weighted by molar-refractivity contribution is -0.189. The average molecular weight is 842 g/mol. The van der Waals surface area contributed by atoms with Gasteiger partial charge in [0.2, 0.25) is 10.0 Å². The molecule has 7 atom stereocenters. The number of ether oxygens (including phenoxy) is 4. The number of halogens is 3. The van der Waals surface area contributed by atoms with E-state index >= 15 is 0 Å². The van der Waals surface area contributed by atoms with Crippen molar-refractivity contribution in [1.29, 1.82) is 0 Å². The lowest BCUT2D eigenvalue weighted by atomic mass is 9.68. The molecule has 1 aliphatic carbocycles. The van der Waals surface area contributed by atoms with Crippen molar-refractivity contribution in [2.24, 2.45) is 11.1 Å². The van der Waals surface area contributed by atoms with Crippen molar-refractivity contribution in [3.63, 3.8) is 0 Å². The number of hydrogen-bond acceptors (Lipinski definition) is 9. The molecule has 0 radical (unpaired) electrons. The van der Waals surface area contributed by atoms with Crippen molar-refractivity contribution in [2.45, 2.75) is 93.8 Å². The summed E-state index contributed by atoms with van der Waals surface area (Å²) in [6.07, 6.45) is 11.1. The van der Waals surface area contributed by atoms with Gasteiger partial charge in [0.1, 0.15) is 5.60 Å². The number of alkyl halides is 3. The maximum absolute atomic E-state index is 13.1. The zero-order chi connectivity index (χ0) is 43.2. The van der Waals surface area contributed by atoms with Crippen LogP contribution in [0.2, 0.25) is 0 Å². The van der Waals surface area contributed by atoms with Crippen LogP contribution >= 0.6 is 0 Å². The number of carboxylic acid groups (broad SMARTS) is 1. The molecule has 2 saturated heterocycles. The number of aliphatic hydroxyl groups is 1. The molecule has 16 heteroatoms. The SMILES string of the molecule is CO[C@@H]1[C@H](OC(O)/C=C/C=C/C=C/C=C/C(=O)O)CC[C@]2(CO2)[C@H]1[C@@]1(C)O[C@@H]1CC=C(C)C.Cc1ccc(-c2cc(C(F)(F)F)nn2-c2ccc(S(N)(=O)=O)cc2)cc1. The lowest BCUT2D eigenvalue weighted by Crippen LogP contribution is -2.55. The Labute approximate surface area is 342 Å². The summed E-state index contributed by atoms with van der Waals surface area (Å²) in [5.74, 6) is -0.961. The molecule has 2 aromatic carbocycles. The fourth-order valence-corrected chi connectivity index (χ4v) is 7.81. The van der Waals surface area contributed by atoms with Crippen molar-refractivity contribution in [3.05, 3.63) is 126 Å². The molecule has 3 aliphatic rings. The average Bonchev–Trinajstić information content (AvgIpc) is 4.03. The third-order valence-electron chi connectivity index (χ3n) is 10.4. The normalized spacial score (nSPS) is 26.1. The van der Waals surface area contributed by atoms with Crippen LogP contribution in [0.4, 0.5) is 13.2 Å². The minimum atomic E-state index is -4.61. The molecule has 1 aromatic heterocycles. The largest absolute Gasteiger partial charge is 0.478 e. The first-order valence-corrected chi connectivity index (χ1v) is 20.4. The molecule has 1 unspecified atom stereocenters.